The molecule has 4 nitrogen and oxygen atoms in total. The van der Waals surface area contributed by atoms with Crippen LogP contribution in [-0.2, 0) is 0 Å². The van der Waals surface area contributed by atoms with Gasteiger partial charge in [0.2, 0.25) is 0 Å². The highest BCUT2D eigenvalue weighted by atomic mass is 16.5. The Bertz CT molecular complexity index is 312. The van der Waals surface area contributed by atoms with Gasteiger partial charge in [-0.2, -0.15) is 0 Å². The highest BCUT2D eigenvalue weighted by Gasteiger charge is 2.15. The Morgan fingerprint density at radius 1 is 1.29 bits per heavy atom. The highest BCUT2D eigenvalue weighted by Crippen LogP contribution is 2.20. The Morgan fingerprint density at radius 2 is 1.94 bits per heavy atom. The molecule has 4 heteroatoms. The molecule has 0 saturated heterocycles. The van der Waals surface area contributed by atoms with E-state index in [1.807, 2.05) is 13.8 Å². The summed E-state index contributed by atoms with van der Waals surface area (Å²) < 4.78 is 5.19. The van der Waals surface area contributed by atoms with E-state index in [1.165, 1.54) is 5.56 Å². The predicted octanol–water partition coefficient (Wildman–Crippen LogP) is 2.28. The van der Waals surface area contributed by atoms with Gasteiger partial charge in [-0.25, -0.2) is 0 Å². The predicted molar refractivity (Wildman–Crippen MR) is 70.2 cm³/mol. The van der Waals surface area contributed by atoms with Crippen LogP contribution >= 0.6 is 0 Å². The molecule has 1 unspecified atom stereocenters. The maximum atomic E-state index is 5.19. The molecule has 0 aromatic carbocycles. The molecule has 0 radical (unpaired) electrons. The number of aromatic nitrogens is 1. The second-order valence-corrected chi connectivity index (χ2v) is 4.44. The van der Waals surface area contributed by atoms with Crippen LogP contribution in [0.4, 0.5) is 0 Å². The number of likely N-dealkylation sites (N-methyl/N-ethyl adjacent to an activating group) is 1. The minimum atomic E-state index is 0.303. The summed E-state index contributed by atoms with van der Waals surface area (Å²) in [5.41, 5.74) is 2.19. The van der Waals surface area contributed by atoms with E-state index >= 15 is 0 Å². The van der Waals surface area contributed by atoms with Gasteiger partial charge in [0.1, 0.15) is 5.76 Å². The molecule has 1 heterocycles. The largest absolute Gasteiger partial charge is 0.361 e. The third kappa shape index (κ3) is 3.82. The lowest BCUT2D eigenvalue weighted by Crippen LogP contribution is -2.33. The van der Waals surface area contributed by atoms with Crippen LogP contribution in [0.5, 0.6) is 0 Å². The van der Waals surface area contributed by atoms with Crippen molar-refractivity contribution in [3.63, 3.8) is 0 Å². The summed E-state index contributed by atoms with van der Waals surface area (Å²) >= 11 is 0. The summed E-state index contributed by atoms with van der Waals surface area (Å²) in [6.45, 7) is 14.8. The maximum absolute atomic E-state index is 5.19. The molecule has 0 aliphatic heterocycles. The van der Waals surface area contributed by atoms with E-state index in [-0.39, 0.29) is 0 Å². The van der Waals surface area contributed by atoms with Crippen molar-refractivity contribution in [3.05, 3.63) is 17.0 Å². The van der Waals surface area contributed by atoms with Gasteiger partial charge in [-0.05, 0) is 33.9 Å². The number of rotatable bonds is 7. The van der Waals surface area contributed by atoms with Gasteiger partial charge in [-0.15, -0.1) is 0 Å². The van der Waals surface area contributed by atoms with Gasteiger partial charge in [0.05, 0.1) is 5.69 Å². The molecule has 1 N–H and O–H groups in total. The van der Waals surface area contributed by atoms with Crippen LogP contribution in [0.25, 0.3) is 0 Å². The second-order valence-electron chi connectivity index (χ2n) is 4.44. The Labute approximate surface area is 104 Å². The van der Waals surface area contributed by atoms with Crippen LogP contribution in [-0.4, -0.2) is 36.2 Å². The molecular formula is C13H25N3O. The van der Waals surface area contributed by atoms with E-state index in [0.29, 0.717) is 6.04 Å². The van der Waals surface area contributed by atoms with Gasteiger partial charge in [0, 0.05) is 24.7 Å². The first-order valence-corrected chi connectivity index (χ1v) is 6.48. The molecular weight excluding hydrogens is 214 g/mol. The van der Waals surface area contributed by atoms with Crippen LogP contribution < -0.4 is 5.32 Å². The topological polar surface area (TPSA) is 41.3 Å². The van der Waals surface area contributed by atoms with Crippen LogP contribution in [0.15, 0.2) is 4.52 Å². The smallest absolute Gasteiger partial charge is 0.138 e. The lowest BCUT2D eigenvalue weighted by atomic mass is 10.1. The van der Waals surface area contributed by atoms with E-state index in [2.05, 4.69) is 36.1 Å². The minimum Gasteiger partial charge on any atom is -0.361 e. The van der Waals surface area contributed by atoms with Crippen LogP contribution in [0.2, 0.25) is 0 Å². The normalized spacial score (nSPS) is 13.3. The van der Waals surface area contributed by atoms with Crippen molar-refractivity contribution in [3.8, 4) is 0 Å². The number of nitrogens with zero attached hydrogens (tertiary/aromatic N) is 2. The fraction of sp³-hybridized carbons (Fsp3) is 0.769. The van der Waals surface area contributed by atoms with Crippen molar-refractivity contribution in [1.82, 2.24) is 15.4 Å². The SMILES string of the molecule is CCN(CC)CCNC(C)c1c(C)noc1C. The first-order valence-electron chi connectivity index (χ1n) is 6.48. The van der Waals surface area contributed by atoms with Crippen molar-refractivity contribution in [1.29, 1.82) is 0 Å². The number of nitrogens with one attached hydrogen (secondary N) is 1. The van der Waals surface area contributed by atoms with Gasteiger partial charge in [-0.3, -0.25) is 0 Å². The zero-order chi connectivity index (χ0) is 12.8. The summed E-state index contributed by atoms with van der Waals surface area (Å²) in [4.78, 5) is 2.41. The Morgan fingerprint density at radius 3 is 2.41 bits per heavy atom. The summed E-state index contributed by atoms with van der Waals surface area (Å²) in [6.07, 6.45) is 0. The first-order chi connectivity index (χ1) is 8.10. The lowest BCUT2D eigenvalue weighted by molar-refractivity contribution is 0.297. The zero-order valence-corrected chi connectivity index (χ0v) is 11.7. The number of hydrogen-bond donors (Lipinski definition) is 1. The molecule has 1 rings (SSSR count). The van der Waals surface area contributed by atoms with Gasteiger partial charge in [0.25, 0.3) is 0 Å². The van der Waals surface area contributed by atoms with E-state index in [4.69, 9.17) is 4.52 Å². The molecule has 0 bridgehead atoms. The maximum Gasteiger partial charge on any atom is 0.138 e. The zero-order valence-electron chi connectivity index (χ0n) is 11.7. The van der Waals surface area contributed by atoms with Crippen molar-refractivity contribution >= 4 is 0 Å². The van der Waals surface area contributed by atoms with Crippen molar-refractivity contribution in [2.24, 2.45) is 0 Å². The molecule has 0 aliphatic rings. The number of aryl methyl sites for hydroxylation is 2. The average molecular weight is 239 g/mol. The fourth-order valence-corrected chi connectivity index (χ4v) is 2.19. The third-order valence-electron chi connectivity index (χ3n) is 3.29. The summed E-state index contributed by atoms with van der Waals surface area (Å²) in [5.74, 6) is 0.922. The van der Waals surface area contributed by atoms with Crippen molar-refractivity contribution in [2.45, 2.75) is 40.7 Å². The number of hydrogen-bond acceptors (Lipinski definition) is 4. The Balaban J connectivity index is 2.42. The fourth-order valence-electron chi connectivity index (χ4n) is 2.19. The summed E-state index contributed by atoms with van der Waals surface area (Å²) in [5, 5.41) is 7.51. The molecule has 1 atom stereocenters. The molecule has 0 spiro atoms. The van der Waals surface area contributed by atoms with Crippen molar-refractivity contribution in [2.75, 3.05) is 26.2 Å². The lowest BCUT2D eigenvalue weighted by Gasteiger charge is -2.20. The van der Waals surface area contributed by atoms with E-state index in [9.17, 15) is 0 Å². The van der Waals surface area contributed by atoms with Crippen LogP contribution in [0.1, 0.15) is 43.8 Å². The van der Waals surface area contributed by atoms with Gasteiger partial charge in [0.15, 0.2) is 0 Å². The quantitative estimate of drug-likeness (QED) is 0.792. The third-order valence-corrected chi connectivity index (χ3v) is 3.29. The van der Waals surface area contributed by atoms with E-state index in [1.54, 1.807) is 0 Å². The summed E-state index contributed by atoms with van der Waals surface area (Å²) in [7, 11) is 0. The summed E-state index contributed by atoms with van der Waals surface area (Å²) in [6, 6.07) is 0.303. The van der Waals surface area contributed by atoms with Gasteiger partial charge >= 0.3 is 0 Å². The Kier molecular flexibility index (Phi) is 5.65. The molecule has 17 heavy (non-hydrogen) atoms. The molecule has 98 valence electrons. The highest BCUT2D eigenvalue weighted by molar-refractivity contribution is 5.24. The molecule has 1 aromatic heterocycles. The van der Waals surface area contributed by atoms with Crippen LogP contribution in [0.3, 0.4) is 0 Å². The van der Waals surface area contributed by atoms with Gasteiger partial charge in [-0.1, -0.05) is 19.0 Å². The molecule has 0 aliphatic carbocycles. The molecule has 1 aromatic rings. The van der Waals surface area contributed by atoms with Crippen molar-refractivity contribution < 1.29 is 4.52 Å². The molecule has 0 saturated carbocycles. The minimum absolute atomic E-state index is 0.303. The monoisotopic (exact) mass is 239 g/mol. The average Bonchev–Trinajstić information content (AvgIpc) is 2.64. The Hall–Kier alpha value is -0.870. The van der Waals surface area contributed by atoms with E-state index in [0.717, 1.165) is 37.6 Å². The molecule has 0 amide bonds. The standard InChI is InChI=1S/C13H25N3O/c1-6-16(7-2)9-8-14-10(3)13-11(4)15-17-12(13)5/h10,14H,6-9H2,1-5H3. The first kappa shape index (κ1) is 14.2. The second kappa shape index (κ2) is 6.77. The molecule has 0 fully saturated rings. The van der Waals surface area contributed by atoms with Crippen LogP contribution in [0, 0.1) is 13.8 Å². The van der Waals surface area contributed by atoms with Gasteiger partial charge < -0.3 is 14.7 Å². The van der Waals surface area contributed by atoms with E-state index < -0.39 is 0 Å².